The predicted octanol–water partition coefficient (Wildman–Crippen LogP) is 5.72. The van der Waals surface area contributed by atoms with Crippen molar-refractivity contribution in [2.45, 2.75) is 122 Å². The standard InChI is InChI=1S/C30H45N3O5/c1-2-3-4-5-6-7-8-9-10-11-12-13-14-18-28(35)38-22-33-27(34)20-19-26(30(33)37)32-21-24-23(29(32)36)16-15-17-25(24)31/h15-17,26H,2-14,18-22,31H2,1H3. The quantitative estimate of drug-likeness (QED) is 0.120. The van der Waals surface area contributed by atoms with Crippen LogP contribution in [0.1, 0.15) is 126 Å². The molecule has 0 radical (unpaired) electrons. The van der Waals surface area contributed by atoms with Crippen molar-refractivity contribution in [3.05, 3.63) is 29.3 Å². The van der Waals surface area contributed by atoms with Crippen molar-refractivity contribution in [3.8, 4) is 0 Å². The topological polar surface area (TPSA) is 110 Å². The highest BCUT2D eigenvalue weighted by Crippen LogP contribution is 2.32. The molecule has 1 aromatic rings. The number of ether oxygens (including phenoxy) is 1. The van der Waals surface area contributed by atoms with Gasteiger partial charge < -0.3 is 15.4 Å². The minimum atomic E-state index is -0.772. The van der Waals surface area contributed by atoms with E-state index in [4.69, 9.17) is 10.5 Å². The number of esters is 1. The first-order valence-electron chi connectivity index (χ1n) is 14.6. The molecule has 1 saturated heterocycles. The Morgan fingerprint density at radius 3 is 2.13 bits per heavy atom. The maximum Gasteiger partial charge on any atom is 0.307 e. The first kappa shape index (κ1) is 29.7. The van der Waals surface area contributed by atoms with Crippen molar-refractivity contribution in [3.63, 3.8) is 0 Å². The minimum Gasteiger partial charge on any atom is -0.444 e. The molecule has 1 aromatic carbocycles. The zero-order chi connectivity index (χ0) is 27.3. The van der Waals surface area contributed by atoms with Crippen LogP contribution in [0.5, 0.6) is 0 Å². The molecular weight excluding hydrogens is 482 g/mol. The van der Waals surface area contributed by atoms with E-state index < -0.39 is 24.6 Å². The third-order valence-corrected chi connectivity index (χ3v) is 7.73. The summed E-state index contributed by atoms with van der Waals surface area (Å²) >= 11 is 0. The van der Waals surface area contributed by atoms with Gasteiger partial charge in [-0.15, -0.1) is 0 Å². The number of imide groups is 1. The number of piperidine rings is 1. The van der Waals surface area contributed by atoms with Gasteiger partial charge in [-0.2, -0.15) is 0 Å². The smallest absolute Gasteiger partial charge is 0.307 e. The molecule has 38 heavy (non-hydrogen) atoms. The Morgan fingerprint density at radius 2 is 1.53 bits per heavy atom. The average molecular weight is 528 g/mol. The van der Waals surface area contributed by atoms with E-state index in [1.165, 1.54) is 69.1 Å². The number of rotatable bonds is 17. The molecule has 0 bridgehead atoms. The normalized spacial score (nSPS) is 17.3. The van der Waals surface area contributed by atoms with Gasteiger partial charge in [0.15, 0.2) is 6.73 Å². The first-order chi connectivity index (χ1) is 18.4. The molecule has 1 fully saturated rings. The summed E-state index contributed by atoms with van der Waals surface area (Å²) < 4.78 is 5.27. The van der Waals surface area contributed by atoms with Crippen molar-refractivity contribution in [2.24, 2.45) is 0 Å². The van der Waals surface area contributed by atoms with E-state index >= 15 is 0 Å². The monoisotopic (exact) mass is 527 g/mol. The predicted molar refractivity (Wildman–Crippen MR) is 147 cm³/mol. The lowest BCUT2D eigenvalue weighted by Crippen LogP contribution is -2.55. The molecule has 3 rings (SSSR count). The van der Waals surface area contributed by atoms with Crippen molar-refractivity contribution in [1.82, 2.24) is 9.80 Å². The Kier molecular flexibility index (Phi) is 12.1. The van der Waals surface area contributed by atoms with E-state index in [1.807, 2.05) is 0 Å². The van der Waals surface area contributed by atoms with Crippen molar-refractivity contribution in [1.29, 1.82) is 0 Å². The fourth-order valence-corrected chi connectivity index (χ4v) is 5.37. The van der Waals surface area contributed by atoms with Crippen LogP contribution in [0, 0.1) is 0 Å². The third kappa shape index (κ3) is 8.30. The zero-order valence-corrected chi connectivity index (χ0v) is 23.1. The largest absolute Gasteiger partial charge is 0.444 e. The van der Waals surface area contributed by atoms with Gasteiger partial charge in [-0.05, 0) is 25.0 Å². The lowest BCUT2D eigenvalue weighted by atomic mass is 10.0. The van der Waals surface area contributed by atoms with Gasteiger partial charge in [-0.25, -0.2) is 4.90 Å². The molecule has 0 spiro atoms. The summed E-state index contributed by atoms with van der Waals surface area (Å²) in [5.41, 5.74) is 7.72. The lowest BCUT2D eigenvalue weighted by Gasteiger charge is -2.35. The number of benzene rings is 1. The van der Waals surface area contributed by atoms with Crippen LogP contribution in [0.3, 0.4) is 0 Å². The fourth-order valence-electron chi connectivity index (χ4n) is 5.37. The Hall–Kier alpha value is -2.90. The van der Waals surface area contributed by atoms with Crippen LogP contribution in [0.15, 0.2) is 18.2 Å². The van der Waals surface area contributed by atoms with E-state index in [1.54, 1.807) is 18.2 Å². The highest BCUT2D eigenvalue weighted by molar-refractivity contribution is 6.06. The summed E-state index contributed by atoms with van der Waals surface area (Å²) in [4.78, 5) is 53.0. The molecule has 2 aliphatic heterocycles. The number of nitrogen functional groups attached to an aromatic ring is 1. The van der Waals surface area contributed by atoms with Gasteiger partial charge in [-0.3, -0.25) is 19.2 Å². The molecule has 1 atom stereocenters. The van der Waals surface area contributed by atoms with Crippen LogP contribution in [-0.2, 0) is 25.7 Å². The second kappa shape index (κ2) is 15.5. The van der Waals surface area contributed by atoms with E-state index in [2.05, 4.69) is 6.92 Å². The number of anilines is 1. The van der Waals surface area contributed by atoms with Gasteiger partial charge in [0, 0.05) is 36.2 Å². The minimum absolute atomic E-state index is 0.114. The van der Waals surface area contributed by atoms with E-state index in [0.717, 1.165) is 24.2 Å². The number of amides is 3. The molecule has 0 saturated carbocycles. The van der Waals surface area contributed by atoms with Crippen LogP contribution in [0.25, 0.3) is 0 Å². The second-order valence-electron chi connectivity index (χ2n) is 10.7. The summed E-state index contributed by atoms with van der Waals surface area (Å²) in [7, 11) is 0. The second-order valence-corrected chi connectivity index (χ2v) is 10.7. The molecule has 210 valence electrons. The number of nitrogens with zero attached hydrogens (tertiary/aromatic N) is 2. The molecule has 2 aliphatic rings. The summed E-state index contributed by atoms with van der Waals surface area (Å²) in [5.74, 6) is -1.56. The number of unbranched alkanes of at least 4 members (excludes halogenated alkanes) is 12. The Balaban J connectivity index is 1.29. The molecule has 2 heterocycles. The number of carbonyl (C=O) groups excluding carboxylic acids is 4. The maximum atomic E-state index is 13.1. The van der Waals surface area contributed by atoms with Crippen LogP contribution in [0.2, 0.25) is 0 Å². The molecule has 8 nitrogen and oxygen atoms in total. The van der Waals surface area contributed by atoms with Crippen molar-refractivity contribution < 1.29 is 23.9 Å². The van der Waals surface area contributed by atoms with E-state index in [9.17, 15) is 19.2 Å². The molecule has 2 N–H and O–H groups in total. The summed E-state index contributed by atoms with van der Waals surface area (Å²) in [6.45, 7) is 2.08. The highest BCUT2D eigenvalue weighted by Gasteiger charge is 2.43. The molecule has 1 unspecified atom stereocenters. The van der Waals surface area contributed by atoms with Gasteiger partial charge in [0.2, 0.25) is 5.91 Å². The van der Waals surface area contributed by atoms with Gasteiger partial charge in [0.1, 0.15) is 6.04 Å². The number of fused-ring (bicyclic) bond motifs is 1. The van der Waals surface area contributed by atoms with Gasteiger partial charge >= 0.3 is 5.97 Å². The number of nitrogens with two attached hydrogens (primary N) is 1. The fraction of sp³-hybridized carbons (Fsp3) is 0.667. The van der Waals surface area contributed by atoms with Crippen LogP contribution < -0.4 is 5.73 Å². The molecule has 8 heteroatoms. The molecule has 0 aromatic heterocycles. The first-order valence-corrected chi connectivity index (χ1v) is 14.6. The van der Waals surface area contributed by atoms with Crippen LogP contribution >= 0.6 is 0 Å². The third-order valence-electron chi connectivity index (χ3n) is 7.73. The van der Waals surface area contributed by atoms with Gasteiger partial charge in [0.05, 0.1) is 0 Å². The highest BCUT2D eigenvalue weighted by atomic mass is 16.5. The molecule has 0 aliphatic carbocycles. The van der Waals surface area contributed by atoms with Crippen LogP contribution in [0.4, 0.5) is 5.69 Å². The average Bonchev–Trinajstić information content (AvgIpc) is 3.24. The Morgan fingerprint density at radius 1 is 0.921 bits per heavy atom. The van der Waals surface area contributed by atoms with E-state index in [0.29, 0.717) is 16.8 Å². The van der Waals surface area contributed by atoms with Gasteiger partial charge in [-0.1, -0.05) is 90.0 Å². The van der Waals surface area contributed by atoms with Gasteiger partial charge in [0.25, 0.3) is 11.8 Å². The van der Waals surface area contributed by atoms with Crippen molar-refractivity contribution >= 4 is 29.4 Å². The molecule has 3 amide bonds. The summed E-state index contributed by atoms with van der Waals surface area (Å²) in [6.07, 6.45) is 16.6. The van der Waals surface area contributed by atoms with Crippen molar-refractivity contribution in [2.75, 3.05) is 12.5 Å². The number of hydrogen-bond donors (Lipinski definition) is 1. The SMILES string of the molecule is CCCCCCCCCCCCCCCC(=O)OCN1C(=O)CCC(N2Cc3c(N)cccc3C2=O)C1=O. The number of hydrogen-bond acceptors (Lipinski definition) is 6. The Bertz CT molecular complexity index is 963. The lowest BCUT2D eigenvalue weighted by molar-refractivity contribution is -0.164. The van der Waals surface area contributed by atoms with Crippen LogP contribution in [-0.4, -0.2) is 46.3 Å². The summed E-state index contributed by atoms with van der Waals surface area (Å²) in [6, 6.07) is 4.37. The maximum absolute atomic E-state index is 13.1. The number of likely N-dealkylation sites (tertiary alicyclic amines) is 1. The zero-order valence-electron chi connectivity index (χ0n) is 23.1. The number of carbonyl (C=O) groups is 4. The molecular formula is C30H45N3O5. The van der Waals surface area contributed by atoms with E-state index in [-0.39, 0.29) is 37.6 Å². The Labute approximate surface area is 227 Å². The summed E-state index contributed by atoms with van der Waals surface area (Å²) in [5, 5.41) is 0.